The molecule has 0 atom stereocenters. The third-order valence-corrected chi connectivity index (χ3v) is 5.14. The highest BCUT2D eigenvalue weighted by atomic mass is 32.2. The minimum atomic E-state index is -3.90. The molecule has 0 saturated heterocycles. The van der Waals surface area contributed by atoms with Gasteiger partial charge in [0.2, 0.25) is 0 Å². The van der Waals surface area contributed by atoms with Crippen LogP contribution in [0.4, 0.5) is 0 Å². The predicted octanol–water partition coefficient (Wildman–Crippen LogP) is 2.38. The number of hydrogen-bond acceptors (Lipinski definition) is 4. The molecule has 2 rings (SSSR count). The highest BCUT2D eigenvalue weighted by molar-refractivity contribution is 8.05. The van der Waals surface area contributed by atoms with Crippen LogP contribution in [0.3, 0.4) is 0 Å². The summed E-state index contributed by atoms with van der Waals surface area (Å²) in [4.78, 5) is 11.2. The SMILES string of the molecule is CCc1ccc(S(=O)(=O)N2C=CSC=C2C(=O)O)cc1. The lowest BCUT2D eigenvalue weighted by atomic mass is 10.2. The van der Waals surface area contributed by atoms with Crippen LogP contribution in [0, 0.1) is 0 Å². The van der Waals surface area contributed by atoms with Gasteiger partial charge in [-0.05, 0) is 29.5 Å². The van der Waals surface area contributed by atoms with Crippen molar-refractivity contribution in [2.45, 2.75) is 18.2 Å². The van der Waals surface area contributed by atoms with Gasteiger partial charge in [-0.3, -0.25) is 0 Å². The van der Waals surface area contributed by atoms with E-state index in [0.717, 1.165) is 28.1 Å². The van der Waals surface area contributed by atoms with Crippen molar-refractivity contribution in [3.63, 3.8) is 0 Å². The van der Waals surface area contributed by atoms with Gasteiger partial charge in [0.25, 0.3) is 10.0 Å². The van der Waals surface area contributed by atoms with Crippen molar-refractivity contribution in [1.82, 2.24) is 4.31 Å². The quantitative estimate of drug-likeness (QED) is 0.924. The van der Waals surface area contributed by atoms with E-state index in [2.05, 4.69) is 0 Å². The van der Waals surface area contributed by atoms with E-state index in [9.17, 15) is 13.2 Å². The van der Waals surface area contributed by atoms with E-state index in [1.807, 2.05) is 6.92 Å². The Bertz CT molecular complexity index is 675. The van der Waals surface area contributed by atoms with Crippen molar-refractivity contribution in [3.05, 3.63) is 52.5 Å². The molecular formula is C13H13NO4S2. The summed E-state index contributed by atoms with van der Waals surface area (Å²) < 4.78 is 25.7. The molecule has 0 aromatic heterocycles. The molecule has 20 heavy (non-hydrogen) atoms. The van der Waals surface area contributed by atoms with Crippen LogP contribution in [0.15, 0.2) is 51.9 Å². The molecule has 0 saturated carbocycles. The molecule has 1 N–H and O–H groups in total. The van der Waals surface area contributed by atoms with Gasteiger partial charge < -0.3 is 5.11 Å². The Kier molecular flexibility index (Phi) is 4.20. The summed E-state index contributed by atoms with van der Waals surface area (Å²) in [7, 11) is -3.90. The van der Waals surface area contributed by atoms with Gasteiger partial charge in [0, 0.05) is 11.6 Å². The van der Waals surface area contributed by atoms with Gasteiger partial charge in [0.1, 0.15) is 5.70 Å². The molecule has 0 bridgehead atoms. The van der Waals surface area contributed by atoms with Gasteiger partial charge in [-0.1, -0.05) is 19.1 Å². The Morgan fingerprint density at radius 2 is 1.95 bits per heavy atom. The zero-order chi connectivity index (χ0) is 14.8. The molecule has 0 spiro atoms. The van der Waals surface area contributed by atoms with Crippen molar-refractivity contribution in [2.24, 2.45) is 0 Å². The van der Waals surface area contributed by atoms with Crippen molar-refractivity contribution < 1.29 is 18.3 Å². The Hall–Kier alpha value is -1.73. The fourth-order valence-electron chi connectivity index (χ4n) is 1.69. The Morgan fingerprint density at radius 3 is 2.50 bits per heavy atom. The summed E-state index contributed by atoms with van der Waals surface area (Å²) in [6.45, 7) is 1.97. The number of carbonyl (C=O) groups is 1. The molecule has 0 radical (unpaired) electrons. The van der Waals surface area contributed by atoms with E-state index in [1.54, 1.807) is 12.1 Å². The summed E-state index contributed by atoms with van der Waals surface area (Å²) in [5, 5.41) is 11.9. The maximum atomic E-state index is 12.5. The first-order valence-corrected chi connectivity index (χ1v) is 8.24. The standard InChI is InChI=1S/C13H13NO4S2/c1-2-10-3-5-11(6-4-10)20(17,18)14-7-8-19-9-12(14)13(15)16/h3-9H,2H2,1H3,(H,15,16). The number of carboxylic acids is 1. The zero-order valence-corrected chi connectivity index (χ0v) is 12.3. The van der Waals surface area contributed by atoms with Gasteiger partial charge in [-0.15, -0.1) is 11.8 Å². The second kappa shape index (κ2) is 5.72. The van der Waals surface area contributed by atoms with E-state index in [0.29, 0.717) is 0 Å². The van der Waals surface area contributed by atoms with E-state index < -0.39 is 16.0 Å². The molecule has 0 aliphatic carbocycles. The monoisotopic (exact) mass is 311 g/mol. The molecule has 1 heterocycles. The third-order valence-electron chi connectivity index (χ3n) is 2.80. The van der Waals surface area contributed by atoms with Crippen molar-refractivity contribution in [1.29, 1.82) is 0 Å². The zero-order valence-electron chi connectivity index (χ0n) is 10.7. The van der Waals surface area contributed by atoms with Crippen LogP contribution in [0.5, 0.6) is 0 Å². The summed E-state index contributed by atoms with van der Waals surface area (Å²) in [5.74, 6) is -1.28. The van der Waals surface area contributed by atoms with Gasteiger partial charge in [0.05, 0.1) is 4.90 Å². The van der Waals surface area contributed by atoms with Gasteiger partial charge in [-0.25, -0.2) is 17.5 Å². The van der Waals surface area contributed by atoms with E-state index in [-0.39, 0.29) is 10.6 Å². The lowest BCUT2D eigenvalue weighted by Gasteiger charge is -2.22. The second-order valence-corrected chi connectivity index (χ2v) is 6.62. The van der Waals surface area contributed by atoms with Crippen LogP contribution in [-0.4, -0.2) is 23.8 Å². The van der Waals surface area contributed by atoms with Crippen molar-refractivity contribution >= 4 is 27.8 Å². The van der Waals surface area contributed by atoms with E-state index in [1.165, 1.54) is 29.1 Å². The molecule has 0 unspecified atom stereocenters. The minimum Gasteiger partial charge on any atom is -0.477 e. The van der Waals surface area contributed by atoms with Crippen LogP contribution < -0.4 is 0 Å². The molecule has 1 aliphatic rings. The molecule has 0 amide bonds. The highest BCUT2D eigenvalue weighted by Crippen LogP contribution is 2.27. The third kappa shape index (κ3) is 2.73. The molecule has 0 fully saturated rings. The fourth-order valence-corrected chi connectivity index (χ4v) is 3.77. The highest BCUT2D eigenvalue weighted by Gasteiger charge is 2.29. The Labute approximate surface area is 121 Å². The Balaban J connectivity index is 2.42. The summed E-state index contributed by atoms with van der Waals surface area (Å²) in [6, 6.07) is 6.42. The largest absolute Gasteiger partial charge is 0.477 e. The first-order valence-electron chi connectivity index (χ1n) is 5.86. The number of aryl methyl sites for hydroxylation is 1. The van der Waals surface area contributed by atoms with Gasteiger partial charge >= 0.3 is 5.97 Å². The number of carboxylic acid groups (broad SMARTS) is 1. The number of thioether (sulfide) groups is 1. The number of rotatable bonds is 4. The maximum Gasteiger partial charge on any atom is 0.354 e. The molecule has 1 aliphatic heterocycles. The summed E-state index contributed by atoms with van der Waals surface area (Å²) in [6.07, 6.45) is 2.05. The first kappa shape index (κ1) is 14.7. The molecule has 1 aromatic rings. The van der Waals surface area contributed by atoms with Gasteiger partial charge in [0.15, 0.2) is 0 Å². The first-order chi connectivity index (χ1) is 9.46. The van der Waals surface area contributed by atoms with Crippen molar-refractivity contribution in [3.8, 4) is 0 Å². The Morgan fingerprint density at radius 1 is 1.30 bits per heavy atom. The number of aliphatic carboxylic acids is 1. The molecule has 1 aromatic carbocycles. The smallest absolute Gasteiger partial charge is 0.354 e. The second-order valence-electron chi connectivity index (χ2n) is 4.03. The average Bonchev–Trinajstić information content (AvgIpc) is 2.47. The number of nitrogens with zero attached hydrogens (tertiary/aromatic N) is 1. The number of sulfonamides is 1. The summed E-state index contributed by atoms with van der Waals surface area (Å²) >= 11 is 1.12. The fraction of sp³-hybridized carbons (Fsp3) is 0.154. The van der Waals surface area contributed by atoms with Crippen LogP contribution >= 0.6 is 11.8 Å². The lowest BCUT2D eigenvalue weighted by Crippen LogP contribution is -2.30. The number of hydrogen-bond donors (Lipinski definition) is 1. The van der Waals surface area contributed by atoms with Crippen LogP contribution in [0.1, 0.15) is 12.5 Å². The van der Waals surface area contributed by atoms with E-state index in [4.69, 9.17) is 5.11 Å². The topological polar surface area (TPSA) is 74.7 Å². The minimum absolute atomic E-state index is 0.0680. The van der Waals surface area contributed by atoms with Crippen LogP contribution in [0.2, 0.25) is 0 Å². The normalized spacial score (nSPS) is 15.1. The van der Waals surface area contributed by atoms with E-state index >= 15 is 0 Å². The molecule has 106 valence electrons. The molecule has 5 nitrogen and oxygen atoms in total. The molecule has 7 heteroatoms. The summed E-state index contributed by atoms with van der Waals surface area (Å²) in [5.41, 5.74) is 0.736. The van der Waals surface area contributed by atoms with Crippen molar-refractivity contribution in [2.75, 3.05) is 0 Å². The lowest BCUT2D eigenvalue weighted by molar-refractivity contribution is -0.133. The van der Waals surface area contributed by atoms with Gasteiger partial charge in [-0.2, -0.15) is 0 Å². The van der Waals surface area contributed by atoms with Crippen LogP contribution in [-0.2, 0) is 21.2 Å². The average molecular weight is 311 g/mol. The maximum absolute atomic E-state index is 12.5. The number of benzene rings is 1. The molecular weight excluding hydrogens is 298 g/mol. The predicted molar refractivity (Wildman–Crippen MR) is 77.3 cm³/mol. The van der Waals surface area contributed by atoms with Crippen LogP contribution in [0.25, 0.3) is 0 Å².